The van der Waals surface area contributed by atoms with Crippen molar-refractivity contribution in [3.8, 4) is 0 Å². The number of amides is 2. The molecule has 1 fully saturated rings. The maximum absolute atomic E-state index is 13.0. The highest BCUT2D eigenvalue weighted by Crippen LogP contribution is 2.28. The lowest BCUT2D eigenvalue weighted by Gasteiger charge is -2.16. The molecule has 5 nitrogen and oxygen atoms in total. The van der Waals surface area contributed by atoms with Crippen LogP contribution < -0.4 is 16.2 Å². The van der Waals surface area contributed by atoms with Crippen LogP contribution >= 0.6 is 11.6 Å². The number of carbonyl (C=O) groups excluding carboxylic acids is 2. The minimum Gasteiger partial charge on any atom is -0.312 e. The first-order valence-corrected chi connectivity index (χ1v) is 5.66. The molecule has 3 N–H and O–H groups in total. The molecular weight excluding hydrogens is 261 g/mol. The predicted octanol–water partition coefficient (Wildman–Crippen LogP) is 0.822. The summed E-state index contributed by atoms with van der Waals surface area (Å²) in [6.07, 6.45) is 0.0814. The topological polar surface area (TPSA) is 75.4 Å². The molecule has 0 radical (unpaired) electrons. The Bertz CT molecular complexity index is 509. The van der Waals surface area contributed by atoms with Gasteiger partial charge in [-0.3, -0.25) is 15.0 Å². The second-order valence-electron chi connectivity index (χ2n) is 4.01. The number of carbonyl (C=O) groups is 2. The number of hydrazine groups is 1. The van der Waals surface area contributed by atoms with E-state index in [1.807, 2.05) is 5.43 Å². The summed E-state index contributed by atoms with van der Waals surface area (Å²) in [5.74, 6) is 3.37. The monoisotopic (exact) mass is 271 g/mol. The average Bonchev–Trinajstić information content (AvgIpc) is 2.74. The van der Waals surface area contributed by atoms with Gasteiger partial charge >= 0.3 is 0 Å². The largest absolute Gasteiger partial charge is 0.312 e. The molecule has 1 aliphatic rings. The van der Waals surface area contributed by atoms with E-state index < -0.39 is 11.7 Å². The highest BCUT2D eigenvalue weighted by Gasteiger charge is 2.34. The predicted molar refractivity (Wildman–Crippen MR) is 64.2 cm³/mol. The molecule has 1 aromatic carbocycles. The van der Waals surface area contributed by atoms with Crippen LogP contribution in [0.2, 0.25) is 5.02 Å². The summed E-state index contributed by atoms with van der Waals surface area (Å²) in [7, 11) is 0. The Morgan fingerprint density at radius 2 is 2.28 bits per heavy atom. The summed E-state index contributed by atoms with van der Waals surface area (Å²) in [6.45, 7) is 0.212. The van der Waals surface area contributed by atoms with E-state index in [9.17, 15) is 14.0 Å². The van der Waals surface area contributed by atoms with E-state index in [-0.39, 0.29) is 29.8 Å². The molecule has 0 spiro atoms. The van der Waals surface area contributed by atoms with Gasteiger partial charge < -0.3 is 4.90 Å². The number of benzene rings is 1. The van der Waals surface area contributed by atoms with Crippen LogP contribution in [-0.4, -0.2) is 18.4 Å². The molecule has 1 unspecified atom stereocenters. The van der Waals surface area contributed by atoms with Gasteiger partial charge in [-0.05, 0) is 18.2 Å². The van der Waals surface area contributed by atoms with E-state index in [0.29, 0.717) is 5.69 Å². The van der Waals surface area contributed by atoms with E-state index in [4.69, 9.17) is 17.4 Å². The van der Waals surface area contributed by atoms with Crippen LogP contribution in [-0.2, 0) is 9.59 Å². The Kier molecular flexibility index (Phi) is 3.49. The SMILES string of the molecule is NNC(=O)C1CC(=O)N(c2ccc(F)c(Cl)c2)C1. The summed E-state index contributed by atoms with van der Waals surface area (Å²) in [5, 5.41) is -0.0629. The number of nitrogens with one attached hydrogen (secondary N) is 1. The van der Waals surface area contributed by atoms with Crippen LogP contribution in [0.5, 0.6) is 0 Å². The molecule has 0 aromatic heterocycles. The maximum Gasteiger partial charge on any atom is 0.239 e. The lowest BCUT2D eigenvalue weighted by atomic mass is 10.1. The van der Waals surface area contributed by atoms with Crippen molar-refractivity contribution in [3.63, 3.8) is 0 Å². The van der Waals surface area contributed by atoms with Gasteiger partial charge in [0.15, 0.2) is 0 Å². The molecular formula is C11H11ClFN3O2. The Morgan fingerprint density at radius 3 is 2.89 bits per heavy atom. The number of anilines is 1. The molecule has 96 valence electrons. The first-order valence-electron chi connectivity index (χ1n) is 5.29. The second kappa shape index (κ2) is 4.91. The van der Waals surface area contributed by atoms with Gasteiger partial charge in [0, 0.05) is 18.7 Å². The average molecular weight is 272 g/mol. The molecule has 18 heavy (non-hydrogen) atoms. The van der Waals surface area contributed by atoms with E-state index >= 15 is 0 Å². The highest BCUT2D eigenvalue weighted by atomic mass is 35.5. The first-order chi connectivity index (χ1) is 8.52. The van der Waals surface area contributed by atoms with E-state index in [0.717, 1.165) is 0 Å². The third kappa shape index (κ3) is 2.30. The zero-order valence-electron chi connectivity index (χ0n) is 9.32. The van der Waals surface area contributed by atoms with Crippen molar-refractivity contribution in [2.75, 3.05) is 11.4 Å². The number of nitrogens with zero attached hydrogens (tertiary/aromatic N) is 1. The van der Waals surface area contributed by atoms with E-state index in [1.165, 1.54) is 23.1 Å². The van der Waals surface area contributed by atoms with Gasteiger partial charge in [-0.15, -0.1) is 0 Å². The van der Waals surface area contributed by atoms with Gasteiger partial charge in [0.2, 0.25) is 11.8 Å². The molecule has 1 atom stereocenters. The number of hydrogen-bond acceptors (Lipinski definition) is 3. The van der Waals surface area contributed by atoms with Crippen molar-refractivity contribution < 1.29 is 14.0 Å². The molecule has 0 saturated carbocycles. The molecule has 7 heteroatoms. The quantitative estimate of drug-likeness (QED) is 0.475. The fraction of sp³-hybridized carbons (Fsp3) is 0.273. The molecule has 1 aliphatic heterocycles. The number of halogens is 2. The van der Waals surface area contributed by atoms with Gasteiger partial charge in [0.05, 0.1) is 10.9 Å². The Morgan fingerprint density at radius 1 is 1.56 bits per heavy atom. The van der Waals surface area contributed by atoms with Crippen LogP contribution in [0.3, 0.4) is 0 Å². The van der Waals surface area contributed by atoms with Crippen LogP contribution in [0, 0.1) is 11.7 Å². The lowest BCUT2D eigenvalue weighted by molar-refractivity contribution is -0.126. The molecule has 2 amide bonds. The third-order valence-corrected chi connectivity index (χ3v) is 3.14. The second-order valence-corrected chi connectivity index (χ2v) is 4.42. The summed E-state index contributed by atoms with van der Waals surface area (Å²) < 4.78 is 13.0. The molecule has 0 aliphatic carbocycles. The third-order valence-electron chi connectivity index (χ3n) is 2.85. The Hall–Kier alpha value is -1.66. The first kappa shape index (κ1) is 12.8. The van der Waals surface area contributed by atoms with Crippen molar-refractivity contribution in [1.82, 2.24) is 5.43 Å². The van der Waals surface area contributed by atoms with Crippen molar-refractivity contribution >= 4 is 29.1 Å². The van der Waals surface area contributed by atoms with Gasteiger partial charge in [-0.25, -0.2) is 10.2 Å². The van der Waals surface area contributed by atoms with Crippen molar-refractivity contribution in [2.24, 2.45) is 11.8 Å². The Balaban J connectivity index is 2.21. The number of hydrogen-bond donors (Lipinski definition) is 2. The smallest absolute Gasteiger partial charge is 0.239 e. The minimum atomic E-state index is -0.552. The molecule has 1 saturated heterocycles. The summed E-state index contributed by atoms with van der Waals surface area (Å²) in [6, 6.07) is 3.99. The summed E-state index contributed by atoms with van der Waals surface area (Å²) >= 11 is 5.65. The van der Waals surface area contributed by atoms with Crippen LogP contribution in [0.4, 0.5) is 10.1 Å². The van der Waals surface area contributed by atoms with Crippen molar-refractivity contribution in [3.05, 3.63) is 29.0 Å². The van der Waals surface area contributed by atoms with Gasteiger partial charge in [-0.1, -0.05) is 11.6 Å². The summed E-state index contributed by atoms with van der Waals surface area (Å²) in [5.41, 5.74) is 2.49. The zero-order valence-corrected chi connectivity index (χ0v) is 10.1. The van der Waals surface area contributed by atoms with E-state index in [1.54, 1.807) is 0 Å². The fourth-order valence-corrected chi connectivity index (χ4v) is 2.08. The summed E-state index contributed by atoms with van der Waals surface area (Å²) in [4.78, 5) is 24.5. The van der Waals surface area contributed by atoms with Gasteiger partial charge in [-0.2, -0.15) is 0 Å². The minimum absolute atomic E-state index is 0.0629. The number of rotatable bonds is 2. The standard InChI is InChI=1S/C11H11ClFN3O2/c12-8-4-7(1-2-9(8)13)16-5-6(3-10(16)17)11(18)15-14/h1-2,4,6H,3,5,14H2,(H,15,18). The molecule has 0 bridgehead atoms. The van der Waals surface area contributed by atoms with Crippen molar-refractivity contribution in [1.29, 1.82) is 0 Å². The molecule has 1 heterocycles. The number of nitrogens with two attached hydrogens (primary N) is 1. The zero-order chi connectivity index (χ0) is 13.3. The van der Waals surface area contributed by atoms with Crippen LogP contribution in [0.1, 0.15) is 6.42 Å². The molecule has 1 aromatic rings. The van der Waals surface area contributed by atoms with Crippen LogP contribution in [0.15, 0.2) is 18.2 Å². The van der Waals surface area contributed by atoms with Crippen molar-refractivity contribution in [2.45, 2.75) is 6.42 Å². The van der Waals surface area contributed by atoms with Gasteiger partial charge in [0.25, 0.3) is 0 Å². The highest BCUT2D eigenvalue weighted by molar-refractivity contribution is 6.31. The normalized spacial score (nSPS) is 19.2. The van der Waals surface area contributed by atoms with Gasteiger partial charge in [0.1, 0.15) is 5.82 Å². The van der Waals surface area contributed by atoms with Crippen LogP contribution in [0.25, 0.3) is 0 Å². The van der Waals surface area contributed by atoms with E-state index in [2.05, 4.69) is 0 Å². The molecule has 2 rings (SSSR count). The Labute approximate surface area is 108 Å². The fourth-order valence-electron chi connectivity index (χ4n) is 1.90. The maximum atomic E-state index is 13.0. The lowest BCUT2D eigenvalue weighted by Crippen LogP contribution is -2.37.